The molecule has 7 heteroatoms. The topological polar surface area (TPSA) is 67.9 Å². The first kappa shape index (κ1) is 18.1. The van der Waals surface area contributed by atoms with E-state index in [1.165, 1.54) is 6.92 Å². The normalized spacial score (nSPS) is 15.6. The number of anilines is 1. The maximum atomic E-state index is 12.8. The van der Waals surface area contributed by atoms with Crippen LogP contribution in [0.5, 0.6) is 11.5 Å². The number of fused-ring (bicyclic) bond motifs is 1. The van der Waals surface area contributed by atoms with Gasteiger partial charge in [-0.15, -0.1) is 0 Å². The molecule has 136 valence electrons. The summed E-state index contributed by atoms with van der Waals surface area (Å²) < 4.78 is 11.0. The fraction of sp³-hybridized carbons (Fsp3) is 0.263. The molecule has 0 unspecified atom stereocenters. The van der Waals surface area contributed by atoms with Crippen molar-refractivity contribution in [2.45, 2.75) is 13.0 Å². The molecule has 26 heavy (non-hydrogen) atoms. The zero-order valence-corrected chi connectivity index (χ0v) is 15.2. The molecular weight excluding hydrogens is 356 g/mol. The van der Waals surface area contributed by atoms with Crippen LogP contribution in [-0.2, 0) is 9.59 Å². The smallest absolute Gasteiger partial charge is 0.254 e. The average molecular weight is 375 g/mol. The van der Waals surface area contributed by atoms with Crippen LogP contribution in [0, 0.1) is 0 Å². The van der Waals surface area contributed by atoms with Crippen LogP contribution < -0.4 is 19.7 Å². The van der Waals surface area contributed by atoms with Crippen LogP contribution >= 0.6 is 11.6 Å². The third kappa shape index (κ3) is 3.46. The Bertz CT molecular complexity index is 840. The lowest BCUT2D eigenvalue weighted by Gasteiger charge is -2.19. The van der Waals surface area contributed by atoms with Gasteiger partial charge in [-0.2, -0.15) is 0 Å². The highest BCUT2D eigenvalue weighted by Crippen LogP contribution is 2.40. The van der Waals surface area contributed by atoms with Crippen molar-refractivity contribution in [3.8, 4) is 11.5 Å². The summed E-state index contributed by atoms with van der Waals surface area (Å²) in [4.78, 5) is 25.8. The largest absolute Gasteiger partial charge is 0.493 e. The molecule has 0 spiro atoms. The molecule has 0 aromatic heterocycles. The number of benzene rings is 2. The van der Waals surface area contributed by atoms with Gasteiger partial charge in [0.25, 0.3) is 5.91 Å². The summed E-state index contributed by atoms with van der Waals surface area (Å²) in [6, 6.07) is 11.8. The highest BCUT2D eigenvalue weighted by molar-refractivity contribution is 6.34. The Morgan fingerprint density at radius 2 is 1.92 bits per heavy atom. The van der Waals surface area contributed by atoms with Crippen molar-refractivity contribution < 1.29 is 19.1 Å². The number of carbonyl (C=O) groups excluding carboxylic acids is 2. The number of nitrogens with one attached hydrogen (secondary N) is 1. The highest BCUT2D eigenvalue weighted by atomic mass is 35.5. The molecule has 2 aromatic carbocycles. The van der Waals surface area contributed by atoms with Crippen LogP contribution in [0.1, 0.15) is 18.5 Å². The van der Waals surface area contributed by atoms with Gasteiger partial charge < -0.3 is 19.7 Å². The van der Waals surface area contributed by atoms with Crippen LogP contribution in [0.25, 0.3) is 0 Å². The van der Waals surface area contributed by atoms with E-state index in [1.54, 1.807) is 42.3 Å². The lowest BCUT2D eigenvalue weighted by Crippen LogP contribution is -2.38. The van der Waals surface area contributed by atoms with Crippen molar-refractivity contribution in [3.05, 3.63) is 53.1 Å². The number of halogens is 1. The Kier molecular flexibility index (Phi) is 5.32. The average Bonchev–Trinajstić information content (AvgIpc) is 2.88. The second-order valence-electron chi connectivity index (χ2n) is 5.80. The van der Waals surface area contributed by atoms with Crippen molar-refractivity contribution >= 4 is 29.1 Å². The van der Waals surface area contributed by atoms with E-state index in [1.807, 2.05) is 12.1 Å². The maximum absolute atomic E-state index is 12.8. The Morgan fingerprint density at radius 1 is 1.19 bits per heavy atom. The summed E-state index contributed by atoms with van der Waals surface area (Å²) in [6.45, 7) is 1.93. The SMILES string of the molecule is COc1ccccc1OCCN1C(=O)[C@@H](NC(C)=O)c2cccc(Cl)c21. The molecule has 1 heterocycles. The van der Waals surface area contributed by atoms with E-state index in [4.69, 9.17) is 21.1 Å². The number of amides is 2. The van der Waals surface area contributed by atoms with Crippen molar-refractivity contribution in [2.75, 3.05) is 25.2 Å². The van der Waals surface area contributed by atoms with Gasteiger partial charge in [-0.3, -0.25) is 9.59 Å². The molecule has 0 radical (unpaired) electrons. The Balaban J connectivity index is 1.78. The first-order valence-corrected chi connectivity index (χ1v) is 8.53. The van der Waals surface area contributed by atoms with Crippen LogP contribution in [0.15, 0.2) is 42.5 Å². The van der Waals surface area contributed by atoms with E-state index < -0.39 is 6.04 Å². The van der Waals surface area contributed by atoms with Gasteiger partial charge in [-0.05, 0) is 18.2 Å². The molecule has 0 aliphatic carbocycles. The maximum Gasteiger partial charge on any atom is 0.254 e. The third-order valence-electron chi connectivity index (χ3n) is 4.10. The summed E-state index contributed by atoms with van der Waals surface area (Å²) >= 11 is 6.31. The standard InChI is InChI=1S/C19H19ClN2O4/c1-12(23)21-17-13-6-5-7-14(20)18(13)22(19(17)24)10-11-26-16-9-4-3-8-15(16)25-2/h3-9,17H,10-11H2,1-2H3,(H,21,23)/t17-/m0/s1. The van der Waals surface area contributed by atoms with Gasteiger partial charge >= 0.3 is 0 Å². The Labute approximate surface area is 156 Å². The molecule has 0 bridgehead atoms. The molecule has 2 aromatic rings. The van der Waals surface area contributed by atoms with Crippen molar-refractivity contribution in [1.29, 1.82) is 0 Å². The molecule has 1 atom stereocenters. The molecule has 0 saturated heterocycles. The van der Waals surface area contributed by atoms with Crippen molar-refractivity contribution in [2.24, 2.45) is 0 Å². The summed E-state index contributed by atoms with van der Waals surface area (Å²) in [6.07, 6.45) is 0. The predicted molar refractivity (Wildman–Crippen MR) is 98.9 cm³/mol. The molecular formula is C19H19ClN2O4. The Morgan fingerprint density at radius 3 is 2.62 bits per heavy atom. The molecule has 1 N–H and O–H groups in total. The minimum Gasteiger partial charge on any atom is -0.493 e. The lowest BCUT2D eigenvalue weighted by atomic mass is 10.1. The predicted octanol–water partition coefficient (Wildman–Crippen LogP) is 2.95. The van der Waals surface area contributed by atoms with Crippen LogP contribution in [0.2, 0.25) is 5.02 Å². The number of methoxy groups -OCH3 is 1. The van der Waals surface area contributed by atoms with Crippen LogP contribution in [0.4, 0.5) is 5.69 Å². The number of ether oxygens (including phenoxy) is 2. The number of carbonyl (C=O) groups is 2. The molecule has 3 rings (SSSR count). The number of hydrogen-bond donors (Lipinski definition) is 1. The van der Waals surface area contributed by atoms with Gasteiger partial charge in [0.2, 0.25) is 5.91 Å². The first-order chi connectivity index (χ1) is 12.5. The molecule has 2 amide bonds. The van der Waals surface area contributed by atoms with E-state index in [-0.39, 0.29) is 18.4 Å². The second-order valence-corrected chi connectivity index (χ2v) is 6.21. The minimum atomic E-state index is -0.729. The number of para-hydroxylation sites is 3. The fourth-order valence-corrected chi connectivity index (χ4v) is 3.28. The van der Waals surface area contributed by atoms with Crippen molar-refractivity contribution in [3.63, 3.8) is 0 Å². The molecule has 0 fully saturated rings. The Hall–Kier alpha value is -2.73. The van der Waals surface area contributed by atoms with Gasteiger partial charge in [0.15, 0.2) is 11.5 Å². The van der Waals surface area contributed by atoms with E-state index in [0.29, 0.717) is 34.3 Å². The van der Waals surface area contributed by atoms with Gasteiger partial charge in [0.1, 0.15) is 12.6 Å². The van der Waals surface area contributed by atoms with Gasteiger partial charge in [-0.1, -0.05) is 35.9 Å². The zero-order chi connectivity index (χ0) is 18.7. The van der Waals surface area contributed by atoms with Crippen LogP contribution in [0.3, 0.4) is 0 Å². The lowest BCUT2D eigenvalue weighted by molar-refractivity contribution is -0.126. The zero-order valence-electron chi connectivity index (χ0n) is 14.5. The summed E-state index contributed by atoms with van der Waals surface area (Å²) in [5, 5.41) is 3.14. The van der Waals surface area contributed by atoms with Gasteiger partial charge in [0, 0.05) is 12.5 Å². The molecule has 6 nitrogen and oxygen atoms in total. The number of hydrogen-bond acceptors (Lipinski definition) is 4. The highest BCUT2D eigenvalue weighted by Gasteiger charge is 2.39. The van der Waals surface area contributed by atoms with E-state index in [2.05, 4.69) is 5.32 Å². The second kappa shape index (κ2) is 7.66. The summed E-state index contributed by atoms with van der Waals surface area (Å²) in [5.74, 6) is 0.711. The molecule has 1 aliphatic heterocycles. The van der Waals surface area contributed by atoms with Gasteiger partial charge in [0.05, 0.1) is 24.4 Å². The fourth-order valence-electron chi connectivity index (χ4n) is 3.00. The number of nitrogens with zero attached hydrogens (tertiary/aromatic N) is 1. The van der Waals surface area contributed by atoms with Crippen molar-refractivity contribution in [1.82, 2.24) is 5.32 Å². The monoisotopic (exact) mass is 374 g/mol. The summed E-state index contributed by atoms with van der Waals surface area (Å²) in [7, 11) is 1.57. The van der Waals surface area contributed by atoms with E-state index >= 15 is 0 Å². The van der Waals surface area contributed by atoms with Crippen LogP contribution in [-0.4, -0.2) is 32.1 Å². The molecule has 0 saturated carbocycles. The quantitative estimate of drug-likeness (QED) is 0.844. The number of rotatable bonds is 6. The third-order valence-corrected chi connectivity index (χ3v) is 4.41. The van der Waals surface area contributed by atoms with E-state index in [9.17, 15) is 9.59 Å². The van der Waals surface area contributed by atoms with E-state index in [0.717, 1.165) is 0 Å². The molecule has 1 aliphatic rings. The van der Waals surface area contributed by atoms with Gasteiger partial charge in [-0.25, -0.2) is 0 Å². The first-order valence-electron chi connectivity index (χ1n) is 8.15. The minimum absolute atomic E-state index is 0.230. The summed E-state index contributed by atoms with van der Waals surface area (Å²) in [5.41, 5.74) is 1.30.